The first kappa shape index (κ1) is 15.4. The lowest BCUT2D eigenvalue weighted by atomic mass is 10.2. The lowest BCUT2D eigenvalue weighted by molar-refractivity contribution is 0.0697. The second kappa shape index (κ2) is 7.19. The van der Waals surface area contributed by atoms with Gasteiger partial charge in [0, 0.05) is 11.4 Å². The molecule has 3 rings (SSSR count). The molecule has 0 fully saturated rings. The lowest BCUT2D eigenvalue weighted by Gasteiger charge is -2.05. The van der Waals surface area contributed by atoms with Crippen LogP contribution in [0, 0.1) is 0 Å². The van der Waals surface area contributed by atoms with Crippen LogP contribution in [0.15, 0.2) is 89.1 Å². The van der Waals surface area contributed by atoms with Crippen LogP contribution in [0.5, 0.6) is 0 Å². The quantitative estimate of drug-likeness (QED) is 0.606. The second-order valence-electron chi connectivity index (χ2n) is 5.09. The van der Waals surface area contributed by atoms with Gasteiger partial charge in [0.1, 0.15) is 0 Å². The Morgan fingerprint density at radius 1 is 0.750 bits per heavy atom. The van der Waals surface area contributed by atoms with Gasteiger partial charge in [-0.15, -0.1) is 0 Å². The standard InChI is InChI=1S/C19H15N3O2/c23-19(24)14-5-4-8-18(13-14)22-21-17-11-9-16(10-12-17)20-15-6-2-1-3-7-15/h1-13,20H,(H,23,24). The van der Waals surface area contributed by atoms with Crippen LogP contribution >= 0.6 is 0 Å². The van der Waals surface area contributed by atoms with Gasteiger partial charge in [0.2, 0.25) is 0 Å². The molecule has 3 aromatic rings. The molecule has 0 atom stereocenters. The van der Waals surface area contributed by atoms with E-state index in [9.17, 15) is 4.79 Å². The van der Waals surface area contributed by atoms with Crippen LogP contribution in [-0.2, 0) is 0 Å². The van der Waals surface area contributed by atoms with E-state index >= 15 is 0 Å². The number of carbonyl (C=O) groups is 1. The molecule has 0 aliphatic rings. The van der Waals surface area contributed by atoms with Gasteiger partial charge in [0.25, 0.3) is 0 Å². The number of carboxylic acids is 1. The van der Waals surface area contributed by atoms with Crippen molar-refractivity contribution in [1.29, 1.82) is 0 Å². The molecule has 0 bridgehead atoms. The number of anilines is 2. The van der Waals surface area contributed by atoms with Gasteiger partial charge in [0.05, 0.1) is 16.9 Å². The van der Waals surface area contributed by atoms with Crippen LogP contribution in [0.1, 0.15) is 10.4 Å². The molecule has 0 aliphatic carbocycles. The number of carboxylic acid groups (broad SMARTS) is 1. The molecule has 5 nitrogen and oxygen atoms in total. The van der Waals surface area contributed by atoms with Crippen LogP contribution in [0.25, 0.3) is 0 Å². The molecule has 0 aliphatic heterocycles. The third-order valence-corrected chi connectivity index (χ3v) is 3.30. The zero-order chi connectivity index (χ0) is 16.8. The molecular weight excluding hydrogens is 302 g/mol. The number of para-hydroxylation sites is 1. The third-order valence-electron chi connectivity index (χ3n) is 3.30. The number of benzene rings is 3. The first-order chi connectivity index (χ1) is 11.7. The van der Waals surface area contributed by atoms with E-state index in [1.165, 1.54) is 12.1 Å². The first-order valence-corrected chi connectivity index (χ1v) is 7.38. The normalized spacial score (nSPS) is 10.7. The SMILES string of the molecule is O=C(O)c1cccc(N=Nc2ccc(Nc3ccccc3)cc2)c1. The molecule has 0 radical (unpaired) electrons. The van der Waals surface area contributed by atoms with E-state index < -0.39 is 5.97 Å². The van der Waals surface area contributed by atoms with Crippen molar-refractivity contribution in [3.05, 3.63) is 84.4 Å². The molecule has 0 saturated carbocycles. The predicted molar refractivity (Wildman–Crippen MR) is 93.7 cm³/mol. The van der Waals surface area contributed by atoms with E-state index in [1.54, 1.807) is 12.1 Å². The van der Waals surface area contributed by atoms with Gasteiger partial charge in [-0.1, -0.05) is 24.3 Å². The van der Waals surface area contributed by atoms with E-state index in [4.69, 9.17) is 5.11 Å². The smallest absolute Gasteiger partial charge is 0.335 e. The predicted octanol–water partition coefficient (Wildman–Crippen LogP) is 5.54. The molecule has 0 saturated heterocycles. The van der Waals surface area contributed by atoms with Crippen molar-refractivity contribution in [2.45, 2.75) is 0 Å². The van der Waals surface area contributed by atoms with Gasteiger partial charge in [0.15, 0.2) is 0 Å². The van der Waals surface area contributed by atoms with E-state index in [1.807, 2.05) is 54.6 Å². The Hall–Kier alpha value is -3.47. The highest BCUT2D eigenvalue weighted by molar-refractivity contribution is 5.88. The van der Waals surface area contributed by atoms with Crippen molar-refractivity contribution in [3.63, 3.8) is 0 Å². The molecule has 118 valence electrons. The summed E-state index contributed by atoms with van der Waals surface area (Å²) in [5.41, 5.74) is 3.34. The Labute approximate surface area is 139 Å². The Balaban J connectivity index is 1.70. The van der Waals surface area contributed by atoms with Crippen LogP contribution < -0.4 is 5.32 Å². The number of nitrogens with zero attached hydrogens (tertiary/aromatic N) is 2. The van der Waals surface area contributed by atoms with Gasteiger partial charge in [-0.25, -0.2) is 4.79 Å². The summed E-state index contributed by atoms with van der Waals surface area (Å²) in [6, 6.07) is 23.7. The molecule has 0 aromatic heterocycles. The van der Waals surface area contributed by atoms with Crippen molar-refractivity contribution in [3.8, 4) is 0 Å². The highest BCUT2D eigenvalue weighted by Crippen LogP contribution is 2.22. The zero-order valence-corrected chi connectivity index (χ0v) is 12.8. The highest BCUT2D eigenvalue weighted by Gasteiger charge is 2.02. The molecule has 0 unspecified atom stereocenters. The number of rotatable bonds is 5. The van der Waals surface area contributed by atoms with E-state index in [-0.39, 0.29) is 5.56 Å². The summed E-state index contributed by atoms with van der Waals surface area (Å²) in [6.45, 7) is 0. The number of nitrogens with one attached hydrogen (secondary N) is 1. The van der Waals surface area contributed by atoms with Crippen molar-refractivity contribution >= 4 is 28.7 Å². The largest absolute Gasteiger partial charge is 0.478 e. The fourth-order valence-electron chi connectivity index (χ4n) is 2.12. The van der Waals surface area contributed by atoms with Crippen LogP contribution in [0.4, 0.5) is 22.7 Å². The molecule has 2 N–H and O–H groups in total. The molecule has 24 heavy (non-hydrogen) atoms. The molecule has 0 amide bonds. The molecule has 3 aromatic carbocycles. The Bertz CT molecular complexity index is 859. The summed E-state index contributed by atoms with van der Waals surface area (Å²) in [6.07, 6.45) is 0. The summed E-state index contributed by atoms with van der Waals surface area (Å²) < 4.78 is 0. The average molecular weight is 317 g/mol. The van der Waals surface area contributed by atoms with Crippen molar-refractivity contribution in [2.75, 3.05) is 5.32 Å². The minimum Gasteiger partial charge on any atom is -0.478 e. The van der Waals surface area contributed by atoms with Crippen LogP contribution in [-0.4, -0.2) is 11.1 Å². The maximum Gasteiger partial charge on any atom is 0.335 e. The molecule has 5 heteroatoms. The number of hydrogen-bond donors (Lipinski definition) is 2. The second-order valence-corrected chi connectivity index (χ2v) is 5.09. The summed E-state index contributed by atoms with van der Waals surface area (Å²) in [7, 11) is 0. The molecular formula is C19H15N3O2. The summed E-state index contributed by atoms with van der Waals surface area (Å²) >= 11 is 0. The van der Waals surface area contributed by atoms with Gasteiger partial charge >= 0.3 is 5.97 Å². The summed E-state index contributed by atoms with van der Waals surface area (Å²) in [5.74, 6) is -0.983. The van der Waals surface area contributed by atoms with E-state index in [2.05, 4.69) is 15.5 Å². The van der Waals surface area contributed by atoms with Crippen molar-refractivity contribution in [2.24, 2.45) is 10.2 Å². The number of aromatic carboxylic acids is 1. The minimum absolute atomic E-state index is 0.189. The first-order valence-electron chi connectivity index (χ1n) is 7.38. The van der Waals surface area contributed by atoms with Crippen LogP contribution in [0.2, 0.25) is 0 Å². The maximum absolute atomic E-state index is 10.9. The number of azo groups is 1. The third kappa shape index (κ3) is 4.04. The van der Waals surface area contributed by atoms with Gasteiger partial charge in [-0.3, -0.25) is 0 Å². The maximum atomic E-state index is 10.9. The monoisotopic (exact) mass is 317 g/mol. The molecule has 0 heterocycles. The van der Waals surface area contributed by atoms with Crippen molar-refractivity contribution in [1.82, 2.24) is 0 Å². The Morgan fingerprint density at radius 3 is 2.12 bits per heavy atom. The fraction of sp³-hybridized carbons (Fsp3) is 0. The molecule has 0 spiro atoms. The van der Waals surface area contributed by atoms with Gasteiger partial charge in [-0.05, 0) is 54.6 Å². The van der Waals surface area contributed by atoms with Gasteiger partial charge < -0.3 is 10.4 Å². The Kier molecular flexibility index (Phi) is 4.62. The average Bonchev–Trinajstić information content (AvgIpc) is 2.62. The van der Waals surface area contributed by atoms with E-state index in [0.29, 0.717) is 11.4 Å². The fourth-order valence-corrected chi connectivity index (χ4v) is 2.12. The lowest BCUT2D eigenvalue weighted by Crippen LogP contribution is -1.94. The van der Waals surface area contributed by atoms with E-state index in [0.717, 1.165) is 11.4 Å². The summed E-state index contributed by atoms with van der Waals surface area (Å²) in [5, 5.41) is 20.5. The van der Waals surface area contributed by atoms with Gasteiger partial charge in [-0.2, -0.15) is 10.2 Å². The Morgan fingerprint density at radius 2 is 1.42 bits per heavy atom. The summed E-state index contributed by atoms with van der Waals surface area (Å²) in [4.78, 5) is 10.9. The topological polar surface area (TPSA) is 74.0 Å². The van der Waals surface area contributed by atoms with Crippen LogP contribution in [0.3, 0.4) is 0 Å². The minimum atomic E-state index is -0.983. The number of hydrogen-bond acceptors (Lipinski definition) is 4. The highest BCUT2D eigenvalue weighted by atomic mass is 16.4. The zero-order valence-electron chi connectivity index (χ0n) is 12.8. The van der Waals surface area contributed by atoms with Crippen molar-refractivity contribution < 1.29 is 9.90 Å².